The van der Waals surface area contributed by atoms with E-state index in [9.17, 15) is 30.5 Å². The number of halogens is 7. The summed E-state index contributed by atoms with van der Waals surface area (Å²) in [6, 6.07) is 1.85. The van der Waals surface area contributed by atoms with Crippen LogP contribution in [-0.2, 0) is 0 Å². The SMILES string of the molecule is FC(c1ccc([B-](F)(F)F)cc1)C(F)(F)F.[K+]. The van der Waals surface area contributed by atoms with E-state index in [2.05, 4.69) is 0 Å². The van der Waals surface area contributed by atoms with Crippen molar-refractivity contribution in [1.29, 1.82) is 0 Å². The van der Waals surface area contributed by atoms with Crippen molar-refractivity contribution < 1.29 is 81.9 Å². The molecule has 0 nitrogen and oxygen atoms in total. The molecular weight excluding hydrogens is 279 g/mol. The molecule has 0 aromatic heterocycles. The molecule has 1 atom stereocenters. The summed E-state index contributed by atoms with van der Waals surface area (Å²) in [5, 5.41) is 0. The second-order valence-electron chi connectivity index (χ2n) is 3.15. The topological polar surface area (TPSA) is 0 Å². The van der Waals surface area contributed by atoms with Crippen molar-refractivity contribution in [3.05, 3.63) is 29.8 Å². The average Bonchev–Trinajstić information content (AvgIpc) is 2.14. The van der Waals surface area contributed by atoms with Crippen LogP contribution in [0.25, 0.3) is 0 Å². The molecule has 1 aromatic rings. The Bertz CT molecular complexity index is 356. The summed E-state index contributed by atoms with van der Waals surface area (Å²) in [7, 11) is 0. The van der Waals surface area contributed by atoms with Crippen molar-refractivity contribution in [2.75, 3.05) is 0 Å². The zero-order valence-electron chi connectivity index (χ0n) is 8.61. The maximum absolute atomic E-state index is 12.7. The first-order valence-electron chi connectivity index (χ1n) is 4.13. The summed E-state index contributed by atoms with van der Waals surface area (Å²) in [5.74, 6) is 0. The molecular formula is C8H5BF7K. The summed E-state index contributed by atoms with van der Waals surface area (Å²) >= 11 is 0. The fourth-order valence-electron chi connectivity index (χ4n) is 1.07. The van der Waals surface area contributed by atoms with Crippen LogP contribution in [-0.4, -0.2) is 13.2 Å². The van der Waals surface area contributed by atoms with Gasteiger partial charge in [0.15, 0.2) is 0 Å². The third kappa shape index (κ3) is 4.90. The molecule has 0 aliphatic rings. The molecule has 0 spiro atoms. The molecule has 1 unspecified atom stereocenters. The second-order valence-corrected chi connectivity index (χ2v) is 3.15. The molecule has 0 saturated carbocycles. The minimum Gasteiger partial charge on any atom is -0.445 e. The van der Waals surface area contributed by atoms with Crippen molar-refractivity contribution in [1.82, 2.24) is 0 Å². The van der Waals surface area contributed by atoms with Crippen LogP contribution in [0.3, 0.4) is 0 Å². The molecule has 0 radical (unpaired) electrons. The predicted octanol–water partition coefficient (Wildman–Crippen LogP) is 0.318. The van der Waals surface area contributed by atoms with Crippen LogP contribution in [0.15, 0.2) is 24.3 Å². The molecule has 1 aromatic carbocycles. The number of hydrogen-bond acceptors (Lipinski definition) is 0. The fraction of sp³-hybridized carbons (Fsp3) is 0.250. The van der Waals surface area contributed by atoms with E-state index in [4.69, 9.17) is 0 Å². The molecule has 17 heavy (non-hydrogen) atoms. The largest absolute Gasteiger partial charge is 1.00 e. The Morgan fingerprint density at radius 3 is 1.65 bits per heavy atom. The van der Waals surface area contributed by atoms with E-state index in [1.807, 2.05) is 0 Å². The third-order valence-corrected chi connectivity index (χ3v) is 1.89. The van der Waals surface area contributed by atoms with Gasteiger partial charge < -0.3 is 12.9 Å². The van der Waals surface area contributed by atoms with E-state index in [1.165, 1.54) is 0 Å². The van der Waals surface area contributed by atoms with Crippen LogP contribution < -0.4 is 56.8 Å². The van der Waals surface area contributed by atoms with Gasteiger partial charge >= 0.3 is 64.5 Å². The Balaban J connectivity index is 0.00000256. The molecule has 1 rings (SSSR count). The van der Waals surface area contributed by atoms with Gasteiger partial charge in [0.05, 0.1) is 0 Å². The molecule has 0 bridgehead atoms. The first-order chi connectivity index (χ1) is 7.12. The van der Waals surface area contributed by atoms with Crippen LogP contribution in [0.4, 0.5) is 30.5 Å². The van der Waals surface area contributed by atoms with Crippen LogP contribution in [0.5, 0.6) is 0 Å². The van der Waals surface area contributed by atoms with E-state index in [0.29, 0.717) is 24.3 Å². The Labute approximate surface area is 135 Å². The van der Waals surface area contributed by atoms with E-state index in [1.54, 1.807) is 0 Å². The quantitative estimate of drug-likeness (QED) is 0.542. The van der Waals surface area contributed by atoms with Crippen LogP contribution in [0, 0.1) is 0 Å². The van der Waals surface area contributed by atoms with E-state index in [0.717, 1.165) is 0 Å². The first kappa shape index (κ1) is 17.4. The van der Waals surface area contributed by atoms with E-state index >= 15 is 0 Å². The molecule has 90 valence electrons. The molecule has 0 fully saturated rings. The zero-order chi connectivity index (χ0) is 12.6. The maximum atomic E-state index is 12.7. The van der Waals surface area contributed by atoms with Crippen molar-refractivity contribution >= 4 is 12.4 Å². The van der Waals surface area contributed by atoms with Gasteiger partial charge in [-0.05, 0) is 5.56 Å². The maximum Gasteiger partial charge on any atom is 1.00 e. The number of benzene rings is 1. The number of hydrogen-bond donors (Lipinski definition) is 0. The van der Waals surface area contributed by atoms with Gasteiger partial charge in [-0.15, -0.1) is 5.46 Å². The van der Waals surface area contributed by atoms with Gasteiger partial charge in [-0.2, -0.15) is 13.2 Å². The average molecular weight is 284 g/mol. The number of alkyl halides is 4. The molecule has 0 aliphatic heterocycles. The van der Waals surface area contributed by atoms with Gasteiger partial charge in [-0.25, -0.2) is 4.39 Å². The molecule has 0 aliphatic carbocycles. The Morgan fingerprint density at radius 2 is 1.35 bits per heavy atom. The van der Waals surface area contributed by atoms with Crippen molar-refractivity contribution in [2.45, 2.75) is 12.3 Å². The molecule has 0 amide bonds. The predicted molar refractivity (Wildman–Crippen MR) is 45.1 cm³/mol. The summed E-state index contributed by atoms with van der Waals surface area (Å²) in [5.41, 5.74) is -1.89. The molecule has 0 N–H and O–H groups in total. The monoisotopic (exact) mass is 284 g/mol. The van der Waals surface area contributed by atoms with Crippen LogP contribution in [0.2, 0.25) is 0 Å². The van der Waals surface area contributed by atoms with Gasteiger partial charge in [0.1, 0.15) is 0 Å². The zero-order valence-corrected chi connectivity index (χ0v) is 11.7. The van der Waals surface area contributed by atoms with Crippen molar-refractivity contribution in [2.24, 2.45) is 0 Å². The smallest absolute Gasteiger partial charge is 0.445 e. The minimum absolute atomic E-state index is 0. The van der Waals surface area contributed by atoms with Gasteiger partial charge in [0.2, 0.25) is 6.17 Å². The Kier molecular flexibility index (Phi) is 6.20. The van der Waals surface area contributed by atoms with E-state index < -0.39 is 30.4 Å². The summed E-state index contributed by atoms with van der Waals surface area (Å²) in [6.07, 6.45) is -8.37. The van der Waals surface area contributed by atoms with Gasteiger partial charge in [0, 0.05) is 0 Å². The molecule has 0 heterocycles. The van der Waals surface area contributed by atoms with Crippen molar-refractivity contribution in [3.8, 4) is 0 Å². The Hall–Kier alpha value is 0.431. The molecule has 9 heteroatoms. The third-order valence-electron chi connectivity index (χ3n) is 1.89. The Morgan fingerprint density at radius 1 is 0.941 bits per heavy atom. The summed E-state index contributed by atoms with van der Waals surface area (Å²) in [6.45, 7) is -5.28. The summed E-state index contributed by atoms with van der Waals surface area (Å²) < 4.78 is 84.6. The van der Waals surface area contributed by atoms with Crippen LogP contribution in [0.1, 0.15) is 11.7 Å². The van der Waals surface area contributed by atoms with Gasteiger partial charge in [0.25, 0.3) is 0 Å². The van der Waals surface area contributed by atoms with Crippen molar-refractivity contribution in [3.63, 3.8) is 0 Å². The van der Waals surface area contributed by atoms with Crippen LogP contribution >= 0.6 is 0 Å². The fourth-order valence-corrected chi connectivity index (χ4v) is 1.07. The summed E-state index contributed by atoms with van der Waals surface area (Å²) in [4.78, 5) is 0. The normalized spacial score (nSPS) is 14.1. The van der Waals surface area contributed by atoms with Gasteiger partial charge in [-0.3, -0.25) is 0 Å². The standard InChI is InChI=1S/C8H5BF7.K/c10-7(8(11,12)13)5-1-3-6(4-2-5)9(14,15)16;/h1-4,7H;/q-1;+1. The first-order valence-corrected chi connectivity index (χ1v) is 4.13. The number of rotatable bonds is 2. The second kappa shape index (κ2) is 6.05. The molecule has 0 saturated heterocycles. The minimum atomic E-state index is -5.28. The van der Waals surface area contributed by atoms with Gasteiger partial charge in [-0.1, -0.05) is 24.3 Å². The van der Waals surface area contributed by atoms with E-state index in [-0.39, 0.29) is 51.4 Å².